The number of nitrogens with zero attached hydrogens (tertiary/aromatic N) is 1. The molecule has 1 N–H and O–H groups in total. The molecule has 1 aliphatic carbocycles. The predicted octanol–water partition coefficient (Wildman–Crippen LogP) is 3.55. The molecule has 0 aromatic carbocycles. The molecule has 0 radical (unpaired) electrons. The minimum Gasteiger partial charge on any atom is -0.316 e. The molecule has 17 heavy (non-hydrogen) atoms. The van der Waals surface area contributed by atoms with Crippen molar-refractivity contribution in [3.63, 3.8) is 0 Å². The Kier molecular flexibility index (Phi) is 4.57. The quantitative estimate of drug-likeness (QED) is 0.811. The van der Waals surface area contributed by atoms with Gasteiger partial charge in [-0.3, -0.25) is 0 Å². The number of nitrogens with one attached hydrogen (secondary N) is 1. The summed E-state index contributed by atoms with van der Waals surface area (Å²) in [6.07, 6.45) is 8.22. The van der Waals surface area contributed by atoms with Crippen molar-refractivity contribution in [3.05, 3.63) is 16.1 Å². The molecule has 1 aromatic rings. The Morgan fingerprint density at radius 1 is 1.35 bits per heavy atom. The Morgan fingerprint density at radius 3 is 2.76 bits per heavy atom. The second-order valence-electron chi connectivity index (χ2n) is 5.66. The van der Waals surface area contributed by atoms with Crippen molar-refractivity contribution in [2.75, 3.05) is 13.1 Å². The van der Waals surface area contributed by atoms with Gasteiger partial charge in [0.1, 0.15) is 0 Å². The molecule has 1 aromatic heterocycles. The van der Waals surface area contributed by atoms with E-state index < -0.39 is 0 Å². The van der Waals surface area contributed by atoms with Crippen LogP contribution < -0.4 is 5.32 Å². The van der Waals surface area contributed by atoms with Crippen LogP contribution in [0.25, 0.3) is 0 Å². The van der Waals surface area contributed by atoms with Crippen LogP contribution in [0.5, 0.6) is 0 Å². The molecular weight excluding hydrogens is 228 g/mol. The number of aromatic nitrogens is 1. The standard InChI is InChI=1S/C14H24N2S/c1-12-13(17-11-16-12)6-9-15-10-14(2)7-4-3-5-8-14/h11,15H,3-10H2,1-2H3. The molecule has 0 unspecified atom stereocenters. The summed E-state index contributed by atoms with van der Waals surface area (Å²) in [5, 5.41) is 3.64. The Balaban J connectivity index is 1.67. The first-order chi connectivity index (χ1) is 8.20. The molecule has 0 aliphatic heterocycles. The van der Waals surface area contributed by atoms with Crippen LogP contribution in [0.1, 0.15) is 49.6 Å². The topological polar surface area (TPSA) is 24.9 Å². The van der Waals surface area contributed by atoms with Crippen LogP contribution in [0.2, 0.25) is 0 Å². The van der Waals surface area contributed by atoms with Crippen LogP contribution in [0.15, 0.2) is 5.51 Å². The van der Waals surface area contributed by atoms with Gasteiger partial charge in [0.25, 0.3) is 0 Å². The molecule has 3 heteroatoms. The summed E-state index contributed by atoms with van der Waals surface area (Å²) in [6, 6.07) is 0. The van der Waals surface area contributed by atoms with E-state index in [1.54, 1.807) is 11.3 Å². The zero-order valence-corrected chi connectivity index (χ0v) is 11.9. The molecule has 0 atom stereocenters. The van der Waals surface area contributed by atoms with Gasteiger partial charge in [0.15, 0.2) is 0 Å². The fourth-order valence-corrected chi connectivity index (χ4v) is 3.52. The van der Waals surface area contributed by atoms with Crippen LogP contribution in [0, 0.1) is 12.3 Å². The van der Waals surface area contributed by atoms with Crippen molar-refractivity contribution in [2.24, 2.45) is 5.41 Å². The van der Waals surface area contributed by atoms with Crippen LogP contribution in [0.3, 0.4) is 0 Å². The number of thiazole rings is 1. The Bertz CT molecular complexity index is 340. The molecule has 1 fully saturated rings. The average molecular weight is 252 g/mol. The molecule has 0 spiro atoms. The monoisotopic (exact) mass is 252 g/mol. The molecule has 2 nitrogen and oxygen atoms in total. The Labute approximate surface area is 109 Å². The maximum Gasteiger partial charge on any atom is 0.0797 e. The normalized spacial score (nSPS) is 19.4. The van der Waals surface area contributed by atoms with Gasteiger partial charge in [-0.2, -0.15) is 0 Å². The lowest BCUT2D eigenvalue weighted by Gasteiger charge is -2.33. The SMILES string of the molecule is Cc1ncsc1CCNCC1(C)CCCCC1. The van der Waals surface area contributed by atoms with E-state index in [-0.39, 0.29) is 0 Å². The molecule has 2 rings (SSSR count). The van der Waals surface area contributed by atoms with Gasteiger partial charge in [-0.25, -0.2) is 4.98 Å². The third-order valence-corrected chi connectivity index (χ3v) is 4.98. The highest BCUT2D eigenvalue weighted by Gasteiger charge is 2.25. The van der Waals surface area contributed by atoms with Crippen LogP contribution in [-0.2, 0) is 6.42 Å². The number of aryl methyl sites for hydroxylation is 1. The fraction of sp³-hybridized carbons (Fsp3) is 0.786. The lowest BCUT2D eigenvalue weighted by molar-refractivity contribution is 0.208. The molecule has 1 heterocycles. The van der Waals surface area contributed by atoms with E-state index in [0.29, 0.717) is 5.41 Å². The summed E-state index contributed by atoms with van der Waals surface area (Å²) < 4.78 is 0. The Morgan fingerprint density at radius 2 is 2.12 bits per heavy atom. The number of hydrogen-bond acceptors (Lipinski definition) is 3. The van der Waals surface area contributed by atoms with Gasteiger partial charge in [-0.05, 0) is 31.6 Å². The second-order valence-corrected chi connectivity index (χ2v) is 6.60. The number of rotatable bonds is 5. The van der Waals surface area contributed by atoms with Crippen molar-refractivity contribution in [1.29, 1.82) is 0 Å². The largest absolute Gasteiger partial charge is 0.316 e. The summed E-state index contributed by atoms with van der Waals surface area (Å²) >= 11 is 1.78. The van der Waals surface area contributed by atoms with E-state index in [1.807, 2.05) is 5.51 Å². The lowest BCUT2D eigenvalue weighted by atomic mass is 9.76. The van der Waals surface area contributed by atoms with Gasteiger partial charge >= 0.3 is 0 Å². The fourth-order valence-electron chi connectivity index (χ4n) is 2.74. The zero-order chi connectivity index (χ0) is 12.1. The first-order valence-electron chi connectivity index (χ1n) is 6.79. The van der Waals surface area contributed by atoms with Crippen molar-refractivity contribution in [1.82, 2.24) is 10.3 Å². The maximum absolute atomic E-state index is 4.29. The first-order valence-corrected chi connectivity index (χ1v) is 7.67. The smallest absolute Gasteiger partial charge is 0.0797 e. The first kappa shape index (κ1) is 13.0. The van der Waals surface area contributed by atoms with Crippen molar-refractivity contribution < 1.29 is 0 Å². The zero-order valence-electron chi connectivity index (χ0n) is 11.1. The van der Waals surface area contributed by atoms with Gasteiger partial charge in [-0.15, -0.1) is 11.3 Å². The van der Waals surface area contributed by atoms with E-state index in [1.165, 1.54) is 49.2 Å². The minimum atomic E-state index is 0.557. The van der Waals surface area contributed by atoms with Crippen molar-refractivity contribution >= 4 is 11.3 Å². The van der Waals surface area contributed by atoms with E-state index >= 15 is 0 Å². The van der Waals surface area contributed by atoms with Gasteiger partial charge in [0, 0.05) is 18.0 Å². The summed E-state index contributed by atoms with van der Waals surface area (Å²) in [4.78, 5) is 5.73. The highest BCUT2D eigenvalue weighted by atomic mass is 32.1. The summed E-state index contributed by atoms with van der Waals surface area (Å²) in [7, 11) is 0. The highest BCUT2D eigenvalue weighted by molar-refractivity contribution is 7.09. The number of hydrogen-bond donors (Lipinski definition) is 1. The molecule has 1 aliphatic rings. The van der Waals surface area contributed by atoms with Gasteiger partial charge in [0.05, 0.1) is 11.2 Å². The lowest BCUT2D eigenvalue weighted by Crippen LogP contribution is -2.34. The van der Waals surface area contributed by atoms with E-state index in [9.17, 15) is 0 Å². The van der Waals surface area contributed by atoms with Crippen LogP contribution in [-0.4, -0.2) is 18.1 Å². The summed E-state index contributed by atoms with van der Waals surface area (Å²) in [5.74, 6) is 0. The van der Waals surface area contributed by atoms with Crippen LogP contribution >= 0.6 is 11.3 Å². The third-order valence-electron chi connectivity index (χ3n) is 3.99. The third kappa shape index (κ3) is 3.78. The van der Waals surface area contributed by atoms with E-state index in [2.05, 4.69) is 24.1 Å². The summed E-state index contributed by atoms with van der Waals surface area (Å²) in [6.45, 7) is 6.83. The van der Waals surface area contributed by atoms with Gasteiger partial charge in [-0.1, -0.05) is 26.2 Å². The van der Waals surface area contributed by atoms with Crippen LogP contribution in [0.4, 0.5) is 0 Å². The molecule has 0 saturated heterocycles. The minimum absolute atomic E-state index is 0.557. The van der Waals surface area contributed by atoms with E-state index in [0.717, 1.165) is 13.0 Å². The molecule has 96 valence electrons. The highest BCUT2D eigenvalue weighted by Crippen LogP contribution is 2.34. The molecule has 0 amide bonds. The molecule has 1 saturated carbocycles. The van der Waals surface area contributed by atoms with E-state index in [4.69, 9.17) is 0 Å². The molecular formula is C14H24N2S. The van der Waals surface area contributed by atoms with Crippen molar-refractivity contribution in [2.45, 2.75) is 52.4 Å². The Hall–Kier alpha value is -0.410. The van der Waals surface area contributed by atoms with Gasteiger partial charge in [0.2, 0.25) is 0 Å². The predicted molar refractivity (Wildman–Crippen MR) is 74.6 cm³/mol. The van der Waals surface area contributed by atoms with Gasteiger partial charge < -0.3 is 5.32 Å². The summed E-state index contributed by atoms with van der Waals surface area (Å²) in [5.41, 5.74) is 3.72. The second kappa shape index (κ2) is 5.96. The maximum atomic E-state index is 4.29. The molecule has 0 bridgehead atoms. The average Bonchev–Trinajstić information content (AvgIpc) is 2.72. The van der Waals surface area contributed by atoms with Crippen molar-refractivity contribution in [3.8, 4) is 0 Å².